The van der Waals surface area contributed by atoms with Gasteiger partial charge in [-0.15, -0.1) is 0 Å². The number of aromatic nitrogens is 1. The summed E-state index contributed by atoms with van der Waals surface area (Å²) < 4.78 is 30.7. The van der Waals surface area contributed by atoms with Gasteiger partial charge in [0, 0.05) is 53.6 Å². The third-order valence-corrected chi connectivity index (χ3v) is 7.87. The van der Waals surface area contributed by atoms with Crippen LogP contribution in [0.25, 0.3) is 0 Å². The third kappa shape index (κ3) is 5.32. The minimum Gasteiger partial charge on any atom is -0.369 e. The third-order valence-electron chi connectivity index (χ3n) is 7.62. The SMILES string of the molecule is O=C(Nc1ccc(Cl)cc1)c1ccc(N2C[C@H]3C[C@@H](C2)c2cccc(=O)n2C3)c(NC(=O)c2c(F)cccc2F)c1. The second-order valence-corrected chi connectivity index (χ2v) is 10.8. The Bertz CT molecular complexity index is 1700. The molecule has 3 heterocycles. The van der Waals surface area contributed by atoms with E-state index in [1.807, 2.05) is 10.6 Å². The molecule has 1 aromatic heterocycles. The normalized spacial score (nSPS) is 17.5. The van der Waals surface area contributed by atoms with Gasteiger partial charge in [0.05, 0.1) is 11.4 Å². The number of carbonyl (C=O) groups excluding carboxylic acids is 2. The lowest BCUT2D eigenvalue weighted by atomic mass is 9.83. The van der Waals surface area contributed by atoms with Crippen molar-refractivity contribution in [3.8, 4) is 0 Å². The van der Waals surface area contributed by atoms with E-state index in [4.69, 9.17) is 11.6 Å². The number of rotatable bonds is 5. The van der Waals surface area contributed by atoms with E-state index in [0.717, 1.165) is 24.2 Å². The molecule has 0 unspecified atom stereocenters. The van der Waals surface area contributed by atoms with Crippen LogP contribution >= 0.6 is 11.6 Å². The first-order valence-corrected chi connectivity index (χ1v) is 13.6. The van der Waals surface area contributed by atoms with Gasteiger partial charge in [0.25, 0.3) is 17.4 Å². The number of hydrogen-bond donors (Lipinski definition) is 2. The van der Waals surface area contributed by atoms with Crippen molar-refractivity contribution in [2.24, 2.45) is 5.92 Å². The number of piperidine rings is 1. The number of nitrogens with zero attached hydrogens (tertiary/aromatic N) is 2. The van der Waals surface area contributed by atoms with Crippen LogP contribution in [0.3, 0.4) is 0 Å². The smallest absolute Gasteiger partial charge is 0.261 e. The monoisotopic (exact) mass is 574 g/mol. The standard InChI is InChI=1S/C31H25ClF2N4O3/c32-21-8-10-22(11-9-21)35-30(40)19-7-12-27(25(14-19)36-31(41)29-23(33)3-1-4-24(29)34)37-15-18-13-20(17-37)26-5-2-6-28(39)38(26)16-18/h1-12,14,18,20H,13,15-17H2,(H,35,40)(H,36,41)/t18-,20+/m1/s1. The maximum Gasteiger partial charge on any atom is 0.261 e. The van der Waals surface area contributed by atoms with Crippen molar-refractivity contribution >= 4 is 40.5 Å². The molecule has 0 saturated carbocycles. The molecule has 2 amide bonds. The van der Waals surface area contributed by atoms with E-state index < -0.39 is 29.0 Å². The summed E-state index contributed by atoms with van der Waals surface area (Å²) >= 11 is 5.94. The van der Waals surface area contributed by atoms with Crippen LogP contribution in [0.1, 0.15) is 38.7 Å². The van der Waals surface area contributed by atoms with Gasteiger partial charge in [-0.05, 0) is 73.0 Å². The zero-order chi connectivity index (χ0) is 28.7. The molecule has 2 N–H and O–H groups in total. The molecule has 0 radical (unpaired) electrons. The Hall–Kier alpha value is -4.50. The highest BCUT2D eigenvalue weighted by atomic mass is 35.5. The molecule has 41 heavy (non-hydrogen) atoms. The van der Waals surface area contributed by atoms with E-state index in [-0.39, 0.29) is 28.6 Å². The number of fused-ring (bicyclic) bond motifs is 4. The predicted molar refractivity (Wildman–Crippen MR) is 154 cm³/mol. The highest BCUT2D eigenvalue weighted by molar-refractivity contribution is 6.30. The molecule has 7 nitrogen and oxygen atoms in total. The van der Waals surface area contributed by atoms with Crippen LogP contribution in [-0.4, -0.2) is 29.5 Å². The topological polar surface area (TPSA) is 83.4 Å². The van der Waals surface area contributed by atoms with Gasteiger partial charge in [-0.2, -0.15) is 0 Å². The average molecular weight is 575 g/mol. The molecule has 4 aromatic rings. The first-order chi connectivity index (χ1) is 19.8. The minimum atomic E-state index is -0.991. The van der Waals surface area contributed by atoms with Crippen molar-refractivity contribution < 1.29 is 18.4 Å². The molecule has 1 fully saturated rings. The lowest BCUT2D eigenvalue weighted by molar-refractivity contribution is 0.101. The molecule has 208 valence electrons. The van der Waals surface area contributed by atoms with Gasteiger partial charge < -0.3 is 20.1 Å². The number of pyridine rings is 1. The summed E-state index contributed by atoms with van der Waals surface area (Å²) in [6.45, 7) is 1.74. The first-order valence-electron chi connectivity index (χ1n) is 13.2. The van der Waals surface area contributed by atoms with Crippen molar-refractivity contribution in [2.45, 2.75) is 18.9 Å². The zero-order valence-corrected chi connectivity index (χ0v) is 22.5. The quantitative estimate of drug-likeness (QED) is 0.310. The van der Waals surface area contributed by atoms with E-state index in [1.54, 1.807) is 48.5 Å². The van der Waals surface area contributed by atoms with Crippen molar-refractivity contribution in [3.63, 3.8) is 0 Å². The Morgan fingerprint density at radius 3 is 2.32 bits per heavy atom. The Morgan fingerprint density at radius 2 is 1.56 bits per heavy atom. The Balaban J connectivity index is 1.35. The van der Waals surface area contributed by atoms with Crippen LogP contribution in [0, 0.1) is 17.6 Å². The van der Waals surface area contributed by atoms with Crippen molar-refractivity contribution in [1.29, 1.82) is 0 Å². The van der Waals surface area contributed by atoms with Crippen molar-refractivity contribution in [1.82, 2.24) is 4.57 Å². The van der Waals surface area contributed by atoms with Crippen LogP contribution in [0.4, 0.5) is 25.8 Å². The van der Waals surface area contributed by atoms with Crippen LogP contribution in [-0.2, 0) is 6.54 Å². The highest BCUT2D eigenvalue weighted by Gasteiger charge is 2.35. The van der Waals surface area contributed by atoms with Gasteiger partial charge in [-0.3, -0.25) is 14.4 Å². The summed E-state index contributed by atoms with van der Waals surface area (Å²) in [6, 6.07) is 20.0. The van der Waals surface area contributed by atoms with Crippen LogP contribution in [0.5, 0.6) is 0 Å². The average Bonchev–Trinajstić information content (AvgIpc) is 2.94. The number of amides is 2. The Labute approximate surface area is 239 Å². The van der Waals surface area contributed by atoms with E-state index in [2.05, 4.69) is 15.5 Å². The first kappa shape index (κ1) is 26.7. The number of hydrogen-bond acceptors (Lipinski definition) is 4. The molecule has 2 bridgehead atoms. The number of carbonyl (C=O) groups is 2. The molecule has 0 spiro atoms. The fraction of sp³-hybridized carbons (Fsp3) is 0.194. The fourth-order valence-corrected chi connectivity index (χ4v) is 5.91. The van der Waals surface area contributed by atoms with Gasteiger partial charge >= 0.3 is 0 Å². The van der Waals surface area contributed by atoms with E-state index >= 15 is 0 Å². The predicted octanol–water partition coefficient (Wildman–Crippen LogP) is 5.91. The Morgan fingerprint density at radius 1 is 0.829 bits per heavy atom. The van der Waals surface area contributed by atoms with E-state index in [1.165, 1.54) is 12.1 Å². The molecule has 2 aliphatic rings. The van der Waals surface area contributed by atoms with Gasteiger partial charge in [0.1, 0.15) is 17.2 Å². The summed E-state index contributed by atoms with van der Waals surface area (Å²) in [7, 11) is 0. The van der Waals surface area contributed by atoms with Crippen LogP contribution in [0.2, 0.25) is 5.02 Å². The number of halogens is 3. The summed E-state index contributed by atoms with van der Waals surface area (Å²) in [6.07, 6.45) is 0.920. The maximum absolute atomic E-state index is 14.5. The number of nitrogens with one attached hydrogen (secondary N) is 2. The van der Waals surface area contributed by atoms with Gasteiger partial charge in [0.2, 0.25) is 0 Å². The molecule has 10 heteroatoms. The van der Waals surface area contributed by atoms with Gasteiger partial charge in [0.15, 0.2) is 0 Å². The van der Waals surface area contributed by atoms with E-state index in [0.29, 0.717) is 36.0 Å². The summed E-state index contributed by atoms with van der Waals surface area (Å²) in [5.74, 6) is -3.12. The Kier molecular flexibility index (Phi) is 7.05. The van der Waals surface area contributed by atoms with Crippen molar-refractivity contribution in [2.75, 3.05) is 28.6 Å². The lowest BCUT2D eigenvalue weighted by Gasteiger charge is -2.44. The second kappa shape index (κ2) is 10.8. The van der Waals surface area contributed by atoms with Crippen molar-refractivity contribution in [3.05, 3.63) is 123 Å². The van der Waals surface area contributed by atoms with Gasteiger partial charge in [-0.1, -0.05) is 23.7 Å². The van der Waals surface area contributed by atoms with Gasteiger partial charge in [-0.25, -0.2) is 8.78 Å². The number of benzene rings is 3. The largest absolute Gasteiger partial charge is 0.369 e. The fourth-order valence-electron chi connectivity index (χ4n) is 5.78. The maximum atomic E-state index is 14.5. The molecular weight excluding hydrogens is 550 g/mol. The molecule has 2 aliphatic heterocycles. The zero-order valence-electron chi connectivity index (χ0n) is 21.7. The second-order valence-electron chi connectivity index (χ2n) is 10.3. The summed E-state index contributed by atoms with van der Waals surface area (Å²) in [4.78, 5) is 40.8. The lowest BCUT2D eigenvalue weighted by Crippen LogP contribution is -2.47. The minimum absolute atomic E-state index is 0.0263. The molecule has 2 atom stereocenters. The molecule has 3 aromatic carbocycles. The summed E-state index contributed by atoms with van der Waals surface area (Å²) in [5.41, 5.74) is 1.84. The molecule has 6 rings (SSSR count). The van der Waals surface area contributed by atoms with Crippen LogP contribution in [0.15, 0.2) is 83.7 Å². The van der Waals surface area contributed by atoms with Crippen LogP contribution < -0.4 is 21.1 Å². The molecular formula is C31H25ClF2N4O3. The number of anilines is 3. The molecule has 0 aliphatic carbocycles. The highest BCUT2D eigenvalue weighted by Crippen LogP contribution is 2.39. The van der Waals surface area contributed by atoms with E-state index in [9.17, 15) is 23.2 Å². The summed E-state index contributed by atoms with van der Waals surface area (Å²) in [5, 5.41) is 5.96. The molecule has 1 saturated heterocycles.